The molecule has 2 heterocycles. The molecule has 22 heavy (non-hydrogen) atoms. The van der Waals surface area contributed by atoms with Crippen molar-refractivity contribution >= 4 is 10.9 Å². The van der Waals surface area contributed by atoms with Crippen molar-refractivity contribution < 1.29 is 20.1 Å². The summed E-state index contributed by atoms with van der Waals surface area (Å²) in [7, 11) is 1.83. The molecule has 0 saturated carbocycles. The molecule has 0 aliphatic rings. The second-order valence-electron chi connectivity index (χ2n) is 4.80. The van der Waals surface area contributed by atoms with E-state index in [4.69, 9.17) is 0 Å². The van der Waals surface area contributed by atoms with Crippen LogP contribution in [0.4, 0.5) is 0 Å². The van der Waals surface area contributed by atoms with Crippen molar-refractivity contribution in [2.75, 3.05) is 0 Å². The summed E-state index contributed by atoms with van der Waals surface area (Å²) in [6, 6.07) is 19.5. The molecule has 2 aromatic carbocycles. The Balaban J connectivity index is 0.00000144. The van der Waals surface area contributed by atoms with Gasteiger partial charge in [0, 0.05) is 32.8 Å². The Bertz CT molecular complexity index is 911. The first kappa shape index (κ1) is 14.6. The van der Waals surface area contributed by atoms with E-state index in [1.165, 1.54) is 0 Å². The van der Waals surface area contributed by atoms with E-state index in [0.717, 1.165) is 22.2 Å². The standard InChI is InChI=1S/C16H12N5.Ir/c1-20-16(17-18-19-20)14-8-5-9-15-13(14)10-11-21(15)12-6-3-2-4-7-12;/h2-7,9-11H,1H3;/q-1;. The van der Waals surface area contributed by atoms with Crippen LogP contribution in [0.2, 0.25) is 0 Å². The third-order valence-electron chi connectivity index (χ3n) is 3.54. The Morgan fingerprint density at radius 1 is 1.05 bits per heavy atom. The van der Waals surface area contributed by atoms with Crippen LogP contribution in [-0.2, 0) is 27.2 Å². The van der Waals surface area contributed by atoms with Crippen LogP contribution in [0.5, 0.6) is 0 Å². The van der Waals surface area contributed by atoms with E-state index >= 15 is 0 Å². The smallest absolute Gasteiger partial charge is 0.0987 e. The van der Waals surface area contributed by atoms with Crippen LogP contribution in [0.3, 0.4) is 0 Å². The second-order valence-corrected chi connectivity index (χ2v) is 4.80. The molecule has 0 amide bonds. The Morgan fingerprint density at radius 2 is 1.86 bits per heavy atom. The van der Waals surface area contributed by atoms with E-state index in [1.807, 2.05) is 31.3 Å². The number of tetrazole rings is 1. The largest absolute Gasteiger partial charge is 0.335 e. The molecule has 111 valence electrons. The minimum atomic E-state index is 0. The van der Waals surface area contributed by atoms with Gasteiger partial charge >= 0.3 is 0 Å². The Labute approximate surface area is 140 Å². The zero-order valence-corrected chi connectivity index (χ0v) is 14.2. The summed E-state index contributed by atoms with van der Waals surface area (Å²) in [5, 5.41) is 12.8. The molecule has 0 aliphatic heterocycles. The van der Waals surface area contributed by atoms with E-state index in [0.29, 0.717) is 5.82 Å². The van der Waals surface area contributed by atoms with Crippen LogP contribution in [0.1, 0.15) is 0 Å². The molecule has 0 aliphatic carbocycles. The molecular formula is C16H12IrN5-. The van der Waals surface area contributed by atoms with Crippen molar-refractivity contribution in [3.05, 3.63) is 60.8 Å². The maximum Gasteiger partial charge on any atom is 0.0987 e. The van der Waals surface area contributed by atoms with Gasteiger partial charge in [0.05, 0.1) is 5.82 Å². The number of fused-ring (bicyclic) bond motifs is 1. The second kappa shape index (κ2) is 5.83. The van der Waals surface area contributed by atoms with Gasteiger partial charge in [-0.15, -0.1) is 18.2 Å². The molecule has 5 nitrogen and oxygen atoms in total. The molecule has 0 saturated heterocycles. The summed E-state index contributed by atoms with van der Waals surface area (Å²) in [6.07, 6.45) is 2.06. The molecule has 0 atom stereocenters. The molecule has 4 rings (SSSR count). The van der Waals surface area contributed by atoms with Crippen molar-refractivity contribution in [2.45, 2.75) is 0 Å². The average molecular weight is 467 g/mol. The van der Waals surface area contributed by atoms with E-state index in [9.17, 15) is 0 Å². The van der Waals surface area contributed by atoms with Crippen LogP contribution in [0, 0.1) is 6.07 Å². The molecular weight excluding hydrogens is 454 g/mol. The summed E-state index contributed by atoms with van der Waals surface area (Å²) >= 11 is 0. The van der Waals surface area contributed by atoms with Crippen molar-refractivity contribution in [2.24, 2.45) is 7.05 Å². The molecule has 0 fully saturated rings. The third kappa shape index (κ3) is 2.26. The van der Waals surface area contributed by atoms with Gasteiger partial charge in [-0.05, 0) is 29.1 Å². The minimum absolute atomic E-state index is 0. The van der Waals surface area contributed by atoms with Gasteiger partial charge in [-0.3, -0.25) is 4.68 Å². The zero-order chi connectivity index (χ0) is 14.2. The van der Waals surface area contributed by atoms with Crippen LogP contribution in [0.15, 0.2) is 54.7 Å². The molecule has 0 unspecified atom stereocenters. The van der Waals surface area contributed by atoms with Gasteiger partial charge in [0.1, 0.15) is 0 Å². The monoisotopic (exact) mass is 467 g/mol. The van der Waals surface area contributed by atoms with Gasteiger partial charge in [-0.25, -0.2) is 0 Å². The molecule has 1 radical (unpaired) electrons. The quantitative estimate of drug-likeness (QED) is 0.427. The number of aromatic nitrogens is 5. The molecule has 6 heteroatoms. The van der Waals surface area contributed by atoms with Crippen LogP contribution >= 0.6 is 0 Å². The van der Waals surface area contributed by atoms with Gasteiger partial charge in [0.2, 0.25) is 0 Å². The molecule has 4 aromatic rings. The van der Waals surface area contributed by atoms with Crippen molar-refractivity contribution in [3.63, 3.8) is 0 Å². The van der Waals surface area contributed by atoms with Gasteiger partial charge in [0.25, 0.3) is 0 Å². The number of nitrogens with zero attached hydrogens (tertiary/aromatic N) is 5. The van der Waals surface area contributed by atoms with Gasteiger partial charge in [-0.2, -0.15) is 5.10 Å². The third-order valence-corrected chi connectivity index (χ3v) is 3.54. The number of aryl methyl sites for hydroxylation is 1. The van der Waals surface area contributed by atoms with Crippen LogP contribution in [-0.4, -0.2) is 24.8 Å². The number of hydrogen-bond acceptors (Lipinski definition) is 3. The summed E-state index contributed by atoms with van der Waals surface area (Å²) < 4.78 is 3.81. The van der Waals surface area contributed by atoms with Crippen molar-refractivity contribution in [3.8, 4) is 17.1 Å². The normalized spacial score (nSPS) is 10.6. The molecule has 0 spiro atoms. The summed E-state index contributed by atoms with van der Waals surface area (Å²) in [6.45, 7) is 0. The fourth-order valence-corrected chi connectivity index (χ4v) is 2.55. The summed E-state index contributed by atoms with van der Waals surface area (Å²) in [5.41, 5.74) is 3.15. The van der Waals surface area contributed by atoms with E-state index in [1.54, 1.807) is 4.68 Å². The molecule has 0 bridgehead atoms. The number of benzene rings is 2. The van der Waals surface area contributed by atoms with Gasteiger partial charge in [0.15, 0.2) is 0 Å². The zero-order valence-electron chi connectivity index (χ0n) is 11.8. The fraction of sp³-hybridized carbons (Fsp3) is 0.0625. The summed E-state index contributed by atoms with van der Waals surface area (Å²) in [4.78, 5) is 0. The predicted octanol–water partition coefficient (Wildman–Crippen LogP) is 2.62. The average Bonchev–Trinajstić information content (AvgIpc) is 3.14. The SMILES string of the molecule is Cn1nnnc1-c1[c-]ccc2c1ccn2-c1ccccc1.[Ir]. The van der Waals surface area contributed by atoms with E-state index < -0.39 is 0 Å². The first-order valence-corrected chi connectivity index (χ1v) is 6.64. The van der Waals surface area contributed by atoms with Crippen LogP contribution < -0.4 is 0 Å². The van der Waals surface area contributed by atoms with Crippen molar-refractivity contribution in [1.29, 1.82) is 0 Å². The number of rotatable bonds is 2. The number of hydrogen-bond donors (Lipinski definition) is 0. The van der Waals surface area contributed by atoms with Gasteiger partial charge < -0.3 is 4.57 Å². The fourth-order valence-electron chi connectivity index (χ4n) is 2.55. The maximum absolute atomic E-state index is 4.08. The Kier molecular flexibility index (Phi) is 3.88. The summed E-state index contributed by atoms with van der Waals surface area (Å²) in [5.74, 6) is 0.714. The Morgan fingerprint density at radius 3 is 2.59 bits per heavy atom. The predicted molar refractivity (Wildman–Crippen MR) is 79.9 cm³/mol. The maximum atomic E-state index is 4.08. The van der Waals surface area contributed by atoms with Crippen LogP contribution in [0.25, 0.3) is 28.0 Å². The van der Waals surface area contributed by atoms with Crippen molar-refractivity contribution in [1.82, 2.24) is 24.8 Å². The van der Waals surface area contributed by atoms with E-state index in [2.05, 4.69) is 56.6 Å². The molecule has 2 aromatic heterocycles. The number of para-hydroxylation sites is 1. The first-order valence-electron chi connectivity index (χ1n) is 6.64. The topological polar surface area (TPSA) is 48.5 Å². The van der Waals surface area contributed by atoms with Gasteiger partial charge in [-0.1, -0.05) is 40.4 Å². The molecule has 0 N–H and O–H groups in total. The first-order chi connectivity index (χ1) is 10.3. The Hall–Kier alpha value is -2.30. The van der Waals surface area contributed by atoms with E-state index in [-0.39, 0.29) is 20.1 Å². The minimum Gasteiger partial charge on any atom is -0.335 e.